The first kappa shape index (κ1) is 30.3. The van der Waals surface area contributed by atoms with E-state index in [9.17, 15) is 17.7 Å². The standard InChI is InChI=1S/C17H21N5O5S2.C4H10.C2H6/c1-11-7-8-13(27-11)10-18-16-17(21-28(24)20-16)19-12-5-4-6-15(14(23)9-12)29(25,26)22(2)3;1-4(2)3;1-2/h4-8,23H,9-10H2,1-3H3,(H,18,20)(H,19,21);4H,1-3H3;1-2H3. The predicted molar refractivity (Wildman–Crippen MR) is 142 cm³/mol. The fourth-order valence-corrected chi connectivity index (χ4v) is 4.21. The number of amidine groups is 2. The highest BCUT2D eigenvalue weighted by molar-refractivity contribution is 7.93. The molecule has 0 spiro atoms. The lowest BCUT2D eigenvalue weighted by Crippen LogP contribution is -2.37. The summed E-state index contributed by atoms with van der Waals surface area (Å²) in [6.45, 7) is 12.6. The number of furan rings is 1. The van der Waals surface area contributed by atoms with Crippen LogP contribution in [0.5, 0.6) is 0 Å². The van der Waals surface area contributed by atoms with Gasteiger partial charge in [0.05, 0.1) is 6.54 Å². The van der Waals surface area contributed by atoms with E-state index in [1.807, 2.05) is 32.9 Å². The second kappa shape index (κ2) is 14.0. The van der Waals surface area contributed by atoms with Crippen LogP contribution in [0.3, 0.4) is 0 Å². The Morgan fingerprint density at radius 2 is 1.77 bits per heavy atom. The van der Waals surface area contributed by atoms with Gasteiger partial charge >= 0.3 is 0 Å². The lowest BCUT2D eigenvalue weighted by Gasteiger charge is -2.14. The van der Waals surface area contributed by atoms with Crippen LogP contribution in [0.25, 0.3) is 0 Å². The van der Waals surface area contributed by atoms with Crippen LogP contribution in [0.2, 0.25) is 0 Å². The molecular formula is C23H37N5O5S2. The van der Waals surface area contributed by atoms with Crippen molar-refractivity contribution in [3.05, 3.63) is 58.2 Å². The summed E-state index contributed by atoms with van der Waals surface area (Å²) < 4.78 is 50.8. The SMILES string of the molecule is CC.CC(C)C.Cc1ccc(CNC2=NS(=O)N=C2NC2=CC=CC(S(=O)(=O)N(C)C)=C(O)C2)o1. The van der Waals surface area contributed by atoms with Gasteiger partial charge in [-0.15, -0.1) is 8.80 Å². The number of rotatable bonds is 5. The quantitative estimate of drug-likeness (QED) is 0.529. The van der Waals surface area contributed by atoms with Gasteiger partial charge in [-0.2, -0.15) is 0 Å². The Morgan fingerprint density at radius 1 is 1.17 bits per heavy atom. The Morgan fingerprint density at radius 3 is 2.31 bits per heavy atom. The van der Waals surface area contributed by atoms with Gasteiger partial charge in [0.25, 0.3) is 11.2 Å². The monoisotopic (exact) mass is 527 g/mol. The largest absolute Gasteiger partial charge is 0.510 e. The highest BCUT2D eigenvalue weighted by atomic mass is 32.2. The van der Waals surface area contributed by atoms with Gasteiger partial charge < -0.3 is 20.2 Å². The van der Waals surface area contributed by atoms with Gasteiger partial charge in [-0.05, 0) is 37.1 Å². The molecule has 1 unspecified atom stereocenters. The summed E-state index contributed by atoms with van der Waals surface area (Å²) >= 11 is -1.78. The number of sulfonamides is 1. The molecule has 196 valence electrons. The number of aryl methyl sites for hydroxylation is 1. The lowest BCUT2D eigenvalue weighted by atomic mass is 10.2. The number of hydrogen-bond donors (Lipinski definition) is 3. The zero-order valence-corrected chi connectivity index (χ0v) is 23.2. The number of aliphatic hydroxyl groups excluding tert-OH is 1. The molecule has 3 rings (SSSR count). The summed E-state index contributed by atoms with van der Waals surface area (Å²) in [6, 6.07) is 3.64. The van der Waals surface area contributed by atoms with Gasteiger partial charge in [0.1, 0.15) is 22.2 Å². The van der Waals surface area contributed by atoms with E-state index in [1.165, 1.54) is 26.2 Å². The molecule has 0 saturated heterocycles. The van der Waals surface area contributed by atoms with Crippen LogP contribution in [-0.2, 0) is 27.7 Å². The zero-order valence-electron chi connectivity index (χ0n) is 21.6. The Hall–Kier alpha value is -2.70. The van der Waals surface area contributed by atoms with E-state index in [1.54, 1.807) is 6.08 Å². The molecule has 0 saturated carbocycles. The van der Waals surface area contributed by atoms with Crippen molar-refractivity contribution in [3.63, 3.8) is 0 Å². The summed E-state index contributed by atoms with van der Waals surface area (Å²) in [7, 11) is -1.02. The van der Waals surface area contributed by atoms with E-state index in [0.29, 0.717) is 18.0 Å². The topological polar surface area (TPSA) is 137 Å². The average molecular weight is 528 g/mol. The van der Waals surface area contributed by atoms with Gasteiger partial charge in [-0.3, -0.25) is 0 Å². The molecular weight excluding hydrogens is 490 g/mol. The van der Waals surface area contributed by atoms with Crippen molar-refractivity contribution < 1.29 is 22.2 Å². The minimum atomic E-state index is -3.79. The number of allylic oxidation sites excluding steroid dienone is 3. The summed E-state index contributed by atoms with van der Waals surface area (Å²) in [6.07, 6.45) is 4.35. The second-order valence-corrected chi connectivity index (χ2v) is 11.1. The number of aliphatic hydroxyl groups is 1. The third kappa shape index (κ3) is 9.46. The first-order valence-electron chi connectivity index (χ1n) is 11.3. The zero-order chi connectivity index (χ0) is 26.8. The van der Waals surface area contributed by atoms with Crippen molar-refractivity contribution in [1.29, 1.82) is 0 Å². The molecule has 1 atom stereocenters. The second-order valence-electron chi connectivity index (χ2n) is 8.16. The van der Waals surface area contributed by atoms with E-state index in [-0.39, 0.29) is 28.8 Å². The van der Waals surface area contributed by atoms with Crippen molar-refractivity contribution in [2.75, 3.05) is 14.1 Å². The smallest absolute Gasteiger partial charge is 0.269 e. The fourth-order valence-electron chi connectivity index (χ4n) is 2.56. The van der Waals surface area contributed by atoms with Crippen molar-refractivity contribution in [3.8, 4) is 0 Å². The molecule has 12 heteroatoms. The maximum Gasteiger partial charge on any atom is 0.269 e. The molecule has 1 aliphatic carbocycles. The number of nitrogens with zero attached hydrogens (tertiary/aromatic N) is 3. The molecule has 2 heterocycles. The summed E-state index contributed by atoms with van der Waals surface area (Å²) in [5.41, 5.74) is 0.462. The highest BCUT2D eigenvalue weighted by Crippen LogP contribution is 2.22. The van der Waals surface area contributed by atoms with Crippen molar-refractivity contribution in [1.82, 2.24) is 14.9 Å². The Labute approximate surface area is 211 Å². The van der Waals surface area contributed by atoms with Crippen LogP contribution in [0.15, 0.2) is 59.9 Å². The Bertz CT molecular complexity index is 1140. The number of hydrogen-bond acceptors (Lipinski definition) is 7. The van der Waals surface area contributed by atoms with E-state index < -0.39 is 21.2 Å². The van der Waals surface area contributed by atoms with E-state index in [0.717, 1.165) is 16.0 Å². The summed E-state index contributed by atoms with van der Waals surface area (Å²) in [4.78, 5) is -0.187. The molecule has 0 aromatic carbocycles. The Balaban J connectivity index is 0.000000926. The minimum Gasteiger partial charge on any atom is -0.510 e. The molecule has 2 aliphatic rings. The molecule has 0 bridgehead atoms. The van der Waals surface area contributed by atoms with Crippen LogP contribution < -0.4 is 10.6 Å². The maximum atomic E-state index is 12.3. The van der Waals surface area contributed by atoms with E-state index in [4.69, 9.17) is 4.42 Å². The van der Waals surface area contributed by atoms with Gasteiger partial charge in [0.15, 0.2) is 11.7 Å². The molecule has 0 radical (unpaired) electrons. The fraction of sp³-hybridized carbons (Fsp3) is 0.478. The molecule has 0 fully saturated rings. The maximum absolute atomic E-state index is 12.3. The molecule has 10 nitrogen and oxygen atoms in total. The van der Waals surface area contributed by atoms with Gasteiger partial charge in [0, 0.05) is 26.2 Å². The molecule has 0 amide bonds. The van der Waals surface area contributed by atoms with Gasteiger partial charge in [-0.1, -0.05) is 40.7 Å². The van der Waals surface area contributed by atoms with Crippen LogP contribution in [0.4, 0.5) is 0 Å². The Kier molecular flexibility index (Phi) is 12.1. The molecule has 1 aromatic heterocycles. The van der Waals surface area contributed by atoms with Crippen LogP contribution in [-0.4, -0.2) is 47.8 Å². The van der Waals surface area contributed by atoms with Crippen molar-refractivity contribution >= 4 is 32.9 Å². The van der Waals surface area contributed by atoms with Crippen LogP contribution in [0.1, 0.15) is 52.6 Å². The normalized spacial score (nSPS) is 17.5. The van der Waals surface area contributed by atoms with Gasteiger partial charge in [0.2, 0.25) is 10.0 Å². The minimum absolute atomic E-state index is 0.0777. The predicted octanol–water partition coefficient (Wildman–Crippen LogP) is 3.85. The third-order valence-electron chi connectivity index (χ3n) is 4.01. The first-order valence-corrected chi connectivity index (χ1v) is 13.8. The summed E-state index contributed by atoms with van der Waals surface area (Å²) in [5, 5.41) is 16.3. The van der Waals surface area contributed by atoms with E-state index >= 15 is 0 Å². The molecule has 35 heavy (non-hydrogen) atoms. The average Bonchev–Trinajstić information content (AvgIpc) is 3.28. The lowest BCUT2D eigenvalue weighted by molar-refractivity contribution is 0.393. The summed E-state index contributed by atoms with van der Waals surface area (Å²) in [5.74, 6) is 2.46. The first-order chi connectivity index (χ1) is 16.4. The van der Waals surface area contributed by atoms with Crippen LogP contribution >= 0.6 is 0 Å². The van der Waals surface area contributed by atoms with Gasteiger partial charge in [-0.25, -0.2) is 16.9 Å². The molecule has 3 N–H and O–H groups in total. The van der Waals surface area contributed by atoms with Crippen molar-refractivity contribution in [2.24, 2.45) is 14.7 Å². The van der Waals surface area contributed by atoms with E-state index in [2.05, 4.69) is 40.2 Å². The molecule has 1 aliphatic heterocycles. The van der Waals surface area contributed by atoms with Crippen molar-refractivity contribution in [2.45, 2.75) is 54.5 Å². The highest BCUT2D eigenvalue weighted by Gasteiger charge is 2.26. The molecule has 1 aromatic rings. The van der Waals surface area contributed by atoms with Crippen LogP contribution in [0, 0.1) is 12.8 Å². The third-order valence-corrected chi connectivity index (χ3v) is 6.58. The number of nitrogens with one attached hydrogen (secondary N) is 2.